The highest BCUT2D eigenvalue weighted by atomic mass is 16.7. The van der Waals surface area contributed by atoms with Crippen molar-refractivity contribution in [3.63, 3.8) is 0 Å². The van der Waals surface area contributed by atoms with Crippen LogP contribution in [0.15, 0.2) is 78.9 Å². The number of amides is 2. The van der Waals surface area contributed by atoms with Gasteiger partial charge in [-0.2, -0.15) is 0 Å². The minimum atomic E-state index is -0.859. The summed E-state index contributed by atoms with van der Waals surface area (Å²) >= 11 is 0. The summed E-state index contributed by atoms with van der Waals surface area (Å²) in [5.74, 6) is -1.18. The van der Waals surface area contributed by atoms with Crippen LogP contribution >= 0.6 is 0 Å². The van der Waals surface area contributed by atoms with Crippen molar-refractivity contribution in [1.29, 1.82) is 0 Å². The summed E-state index contributed by atoms with van der Waals surface area (Å²) < 4.78 is 0. The van der Waals surface area contributed by atoms with Gasteiger partial charge in [-0.15, -0.1) is 0 Å². The van der Waals surface area contributed by atoms with Gasteiger partial charge < -0.3 is 4.90 Å². The fourth-order valence-corrected chi connectivity index (χ4v) is 4.54. The van der Waals surface area contributed by atoms with E-state index in [4.69, 9.17) is 4.84 Å². The van der Waals surface area contributed by atoms with Crippen LogP contribution < -0.4 is 14.9 Å². The van der Waals surface area contributed by atoms with Gasteiger partial charge in [-0.25, -0.2) is 9.96 Å². The first kappa shape index (κ1) is 20.3. The van der Waals surface area contributed by atoms with Crippen LogP contribution in [0.3, 0.4) is 0 Å². The maximum Gasteiger partial charge on any atom is 0.266 e. The topological polar surface area (TPSA) is 53.1 Å². The van der Waals surface area contributed by atoms with Crippen LogP contribution in [0.4, 0.5) is 17.1 Å². The standard InChI is InChI=1S/C26H25N3O3/c1-17-8-7-11-21(16-17)28-25(30)22-23(18-12-14-19(15-13-18)27(2)3)29(32-24(22)26(28)31)20-9-5-4-6-10-20/h4-16,22-24H,1-3H3/t22-,23+,24-/m0/s1. The third kappa shape index (κ3) is 3.24. The number of benzene rings is 3. The number of para-hydroxylation sites is 1. The Bertz CT molecular complexity index is 1160. The van der Waals surface area contributed by atoms with Gasteiger partial charge in [0.1, 0.15) is 5.92 Å². The molecule has 0 bridgehead atoms. The summed E-state index contributed by atoms with van der Waals surface area (Å²) in [5.41, 5.74) is 4.38. The lowest BCUT2D eigenvalue weighted by Crippen LogP contribution is -2.37. The molecule has 0 N–H and O–H groups in total. The van der Waals surface area contributed by atoms with Crippen LogP contribution in [0.1, 0.15) is 17.2 Å². The molecule has 5 rings (SSSR count). The van der Waals surface area contributed by atoms with E-state index in [9.17, 15) is 9.59 Å². The largest absolute Gasteiger partial charge is 0.378 e. The fraction of sp³-hybridized carbons (Fsp3) is 0.231. The maximum atomic E-state index is 13.6. The number of hydrogen-bond acceptors (Lipinski definition) is 5. The summed E-state index contributed by atoms with van der Waals surface area (Å²) in [6.45, 7) is 1.94. The van der Waals surface area contributed by atoms with Crippen molar-refractivity contribution in [2.45, 2.75) is 19.1 Å². The minimum Gasteiger partial charge on any atom is -0.378 e. The number of fused-ring (bicyclic) bond motifs is 1. The summed E-state index contributed by atoms with van der Waals surface area (Å²) in [7, 11) is 3.97. The molecule has 3 aromatic carbocycles. The number of anilines is 3. The Kier molecular flexibility index (Phi) is 4.94. The molecular formula is C26H25N3O3. The van der Waals surface area contributed by atoms with Crippen molar-refractivity contribution in [3.05, 3.63) is 90.0 Å². The molecule has 0 spiro atoms. The van der Waals surface area contributed by atoms with Gasteiger partial charge in [0.05, 0.1) is 17.4 Å². The third-order valence-corrected chi connectivity index (χ3v) is 6.14. The Labute approximate surface area is 187 Å². The van der Waals surface area contributed by atoms with Crippen molar-refractivity contribution >= 4 is 28.9 Å². The summed E-state index contributed by atoms with van der Waals surface area (Å²) in [5, 5.41) is 1.73. The first-order chi connectivity index (χ1) is 15.5. The van der Waals surface area contributed by atoms with Crippen molar-refractivity contribution in [1.82, 2.24) is 0 Å². The van der Waals surface area contributed by atoms with E-state index >= 15 is 0 Å². The summed E-state index contributed by atoms with van der Waals surface area (Å²) in [6, 6.07) is 24.7. The molecule has 2 amide bonds. The van der Waals surface area contributed by atoms with E-state index in [1.807, 2.05) is 98.7 Å². The maximum absolute atomic E-state index is 13.6. The van der Waals surface area contributed by atoms with Crippen LogP contribution in [-0.2, 0) is 14.4 Å². The Morgan fingerprint density at radius 3 is 2.16 bits per heavy atom. The Morgan fingerprint density at radius 1 is 0.812 bits per heavy atom. The second kappa shape index (κ2) is 7.80. The van der Waals surface area contributed by atoms with E-state index in [-0.39, 0.29) is 11.8 Å². The highest BCUT2D eigenvalue weighted by molar-refractivity contribution is 6.24. The lowest BCUT2D eigenvalue weighted by atomic mass is 9.90. The molecule has 2 saturated heterocycles. The van der Waals surface area contributed by atoms with Crippen molar-refractivity contribution in [3.8, 4) is 0 Å². The molecule has 32 heavy (non-hydrogen) atoms. The molecule has 0 radical (unpaired) electrons. The predicted molar refractivity (Wildman–Crippen MR) is 124 cm³/mol. The van der Waals surface area contributed by atoms with E-state index in [0.29, 0.717) is 5.69 Å². The zero-order chi connectivity index (χ0) is 22.4. The van der Waals surface area contributed by atoms with Gasteiger partial charge in [0, 0.05) is 19.8 Å². The quantitative estimate of drug-likeness (QED) is 0.587. The van der Waals surface area contributed by atoms with Crippen molar-refractivity contribution in [2.24, 2.45) is 5.92 Å². The first-order valence-corrected chi connectivity index (χ1v) is 10.7. The minimum absolute atomic E-state index is 0.231. The number of imide groups is 1. The molecule has 2 aliphatic rings. The highest BCUT2D eigenvalue weighted by Gasteiger charge is 2.60. The molecule has 0 saturated carbocycles. The van der Waals surface area contributed by atoms with Gasteiger partial charge in [-0.05, 0) is 54.4 Å². The molecule has 2 aliphatic heterocycles. The average molecular weight is 428 g/mol. The highest BCUT2D eigenvalue weighted by Crippen LogP contribution is 2.47. The van der Waals surface area contributed by atoms with E-state index in [1.54, 1.807) is 11.1 Å². The smallest absolute Gasteiger partial charge is 0.266 e. The van der Waals surface area contributed by atoms with Gasteiger partial charge in [-0.1, -0.05) is 42.5 Å². The number of nitrogens with zero attached hydrogens (tertiary/aromatic N) is 3. The Hall–Kier alpha value is -3.64. The predicted octanol–water partition coefficient (Wildman–Crippen LogP) is 4.11. The summed E-state index contributed by atoms with van der Waals surface area (Å²) in [6.07, 6.45) is -0.859. The molecule has 2 heterocycles. The van der Waals surface area contributed by atoms with Gasteiger partial charge in [0.15, 0.2) is 6.10 Å². The molecule has 6 heteroatoms. The normalized spacial score (nSPS) is 22.4. The van der Waals surface area contributed by atoms with Crippen LogP contribution in [0.5, 0.6) is 0 Å². The van der Waals surface area contributed by atoms with Crippen molar-refractivity contribution < 1.29 is 14.4 Å². The first-order valence-electron chi connectivity index (χ1n) is 10.7. The molecule has 0 unspecified atom stereocenters. The molecule has 2 fully saturated rings. The molecule has 3 atom stereocenters. The summed E-state index contributed by atoms with van der Waals surface area (Å²) in [4.78, 5) is 36.5. The molecule has 0 aromatic heterocycles. The van der Waals surface area contributed by atoms with Crippen LogP contribution in [0, 0.1) is 12.8 Å². The van der Waals surface area contributed by atoms with Crippen LogP contribution in [-0.4, -0.2) is 32.0 Å². The molecular weight excluding hydrogens is 402 g/mol. The number of carbonyl (C=O) groups excluding carboxylic acids is 2. The number of hydroxylamine groups is 1. The van der Waals surface area contributed by atoms with Gasteiger partial charge in [-0.3, -0.25) is 14.4 Å². The number of hydrogen-bond donors (Lipinski definition) is 0. The zero-order valence-corrected chi connectivity index (χ0v) is 18.3. The Balaban J connectivity index is 1.57. The molecule has 0 aliphatic carbocycles. The molecule has 162 valence electrons. The lowest BCUT2D eigenvalue weighted by Gasteiger charge is -2.29. The number of aryl methyl sites for hydroxylation is 1. The lowest BCUT2D eigenvalue weighted by molar-refractivity contribution is -0.126. The second-order valence-corrected chi connectivity index (χ2v) is 8.49. The van der Waals surface area contributed by atoms with Crippen LogP contribution in [0.25, 0.3) is 0 Å². The average Bonchev–Trinajstić information content (AvgIpc) is 3.30. The zero-order valence-electron chi connectivity index (χ0n) is 18.3. The van der Waals surface area contributed by atoms with Crippen molar-refractivity contribution in [2.75, 3.05) is 29.0 Å². The van der Waals surface area contributed by atoms with E-state index in [1.165, 1.54) is 4.90 Å². The fourth-order valence-electron chi connectivity index (χ4n) is 4.54. The van der Waals surface area contributed by atoms with Gasteiger partial charge in [0.25, 0.3) is 5.91 Å². The van der Waals surface area contributed by atoms with Gasteiger partial charge >= 0.3 is 0 Å². The molecule has 6 nitrogen and oxygen atoms in total. The third-order valence-electron chi connectivity index (χ3n) is 6.14. The monoisotopic (exact) mass is 427 g/mol. The Morgan fingerprint density at radius 2 is 1.50 bits per heavy atom. The molecule has 3 aromatic rings. The van der Waals surface area contributed by atoms with Crippen LogP contribution in [0.2, 0.25) is 0 Å². The number of carbonyl (C=O) groups is 2. The second-order valence-electron chi connectivity index (χ2n) is 8.49. The van der Waals surface area contributed by atoms with E-state index < -0.39 is 18.1 Å². The van der Waals surface area contributed by atoms with E-state index in [0.717, 1.165) is 22.5 Å². The van der Waals surface area contributed by atoms with Gasteiger partial charge in [0.2, 0.25) is 5.91 Å². The van der Waals surface area contributed by atoms with E-state index in [2.05, 4.69) is 0 Å². The number of rotatable bonds is 4. The SMILES string of the molecule is Cc1cccc(N2C(=O)[C@@H]3[C@H](ON(c4ccccc4)[C@@H]3c3ccc(N(C)C)cc3)C2=O)c1.